The highest BCUT2D eigenvalue weighted by Gasteiger charge is 2.52. The van der Waals surface area contributed by atoms with E-state index in [1.807, 2.05) is 6.92 Å². The first-order valence-electron chi connectivity index (χ1n) is 6.38. The van der Waals surface area contributed by atoms with Crippen LogP contribution in [0.3, 0.4) is 0 Å². The summed E-state index contributed by atoms with van der Waals surface area (Å²) in [5.41, 5.74) is 0. The molecule has 2 N–H and O–H groups in total. The topological polar surface area (TPSA) is 78.9 Å². The van der Waals surface area contributed by atoms with Gasteiger partial charge in [-0.15, -0.1) is 11.8 Å². The first-order valence-corrected chi connectivity index (χ1v) is 7.36. The van der Waals surface area contributed by atoms with E-state index < -0.39 is 12.1 Å². The molecule has 2 aliphatic rings. The minimum atomic E-state index is -0.434. The third-order valence-corrected chi connectivity index (χ3v) is 5.19. The van der Waals surface area contributed by atoms with Crippen LogP contribution >= 0.6 is 11.8 Å². The van der Waals surface area contributed by atoms with Crippen molar-refractivity contribution in [2.45, 2.75) is 36.7 Å². The van der Waals surface area contributed by atoms with E-state index in [4.69, 9.17) is 9.84 Å². The molecule has 7 heteroatoms. The standard InChI is InChI=1S/C12H20N2O4S/c1-12-4-3-10(16)14(12)9(7-19-12)11(17)13-8(5-15)6-18-2/h8-9,15H,3-7H2,1-2H3,(H,13,17)/t8-,9-,12+/m0/s1. The summed E-state index contributed by atoms with van der Waals surface area (Å²) >= 11 is 1.65. The molecular formula is C12H20N2O4S. The molecule has 0 unspecified atom stereocenters. The van der Waals surface area contributed by atoms with Crippen molar-refractivity contribution in [3.05, 3.63) is 0 Å². The first-order chi connectivity index (χ1) is 9.01. The van der Waals surface area contributed by atoms with Gasteiger partial charge in [0, 0.05) is 19.3 Å². The molecule has 2 heterocycles. The second-order valence-corrected chi connectivity index (χ2v) is 6.61. The lowest BCUT2D eigenvalue weighted by Crippen LogP contribution is -2.53. The molecule has 19 heavy (non-hydrogen) atoms. The number of aliphatic hydroxyl groups is 1. The summed E-state index contributed by atoms with van der Waals surface area (Å²) < 4.78 is 4.93. The number of carbonyl (C=O) groups is 2. The van der Waals surface area contributed by atoms with Crippen LogP contribution in [0.4, 0.5) is 0 Å². The molecule has 2 amide bonds. The average molecular weight is 288 g/mol. The number of ether oxygens (including phenoxy) is 1. The molecule has 0 radical (unpaired) electrons. The quantitative estimate of drug-likeness (QED) is 0.717. The highest BCUT2D eigenvalue weighted by molar-refractivity contribution is 8.01. The van der Waals surface area contributed by atoms with Gasteiger partial charge in [-0.25, -0.2) is 0 Å². The average Bonchev–Trinajstić information content (AvgIpc) is 2.86. The van der Waals surface area contributed by atoms with Gasteiger partial charge < -0.3 is 20.1 Å². The number of amides is 2. The van der Waals surface area contributed by atoms with Gasteiger partial charge >= 0.3 is 0 Å². The number of aliphatic hydroxyl groups excluding tert-OH is 1. The molecule has 0 aromatic heterocycles. The molecule has 0 spiro atoms. The van der Waals surface area contributed by atoms with Crippen LogP contribution in [0.25, 0.3) is 0 Å². The number of carbonyl (C=O) groups excluding carboxylic acids is 2. The summed E-state index contributed by atoms with van der Waals surface area (Å²) in [6, 6.07) is -0.858. The van der Waals surface area contributed by atoms with Crippen molar-refractivity contribution >= 4 is 23.6 Å². The summed E-state index contributed by atoms with van der Waals surface area (Å²) in [6.45, 7) is 2.09. The van der Waals surface area contributed by atoms with Gasteiger partial charge in [-0.3, -0.25) is 9.59 Å². The van der Waals surface area contributed by atoms with Crippen LogP contribution in [-0.2, 0) is 14.3 Å². The Morgan fingerprint density at radius 3 is 3.11 bits per heavy atom. The molecule has 0 aromatic carbocycles. The number of rotatable bonds is 5. The SMILES string of the molecule is COC[C@H](CO)NC(=O)[C@@H]1CS[C@]2(C)CCC(=O)N12. The van der Waals surface area contributed by atoms with Crippen molar-refractivity contribution in [1.82, 2.24) is 10.2 Å². The van der Waals surface area contributed by atoms with Crippen LogP contribution in [-0.4, -0.2) is 64.9 Å². The Morgan fingerprint density at radius 2 is 2.47 bits per heavy atom. The van der Waals surface area contributed by atoms with E-state index in [1.54, 1.807) is 16.7 Å². The Kier molecular flexibility index (Phi) is 4.37. The lowest BCUT2D eigenvalue weighted by molar-refractivity contribution is -0.138. The molecule has 2 aliphatic heterocycles. The minimum absolute atomic E-state index is 0.0416. The van der Waals surface area contributed by atoms with E-state index >= 15 is 0 Å². The molecule has 0 saturated carbocycles. The zero-order valence-electron chi connectivity index (χ0n) is 11.2. The Hall–Kier alpha value is -0.790. The van der Waals surface area contributed by atoms with Crippen LogP contribution in [0.1, 0.15) is 19.8 Å². The summed E-state index contributed by atoms with van der Waals surface area (Å²) in [5, 5.41) is 11.9. The van der Waals surface area contributed by atoms with Gasteiger partial charge in [0.15, 0.2) is 0 Å². The second kappa shape index (κ2) is 5.68. The lowest BCUT2D eigenvalue weighted by Gasteiger charge is -2.30. The summed E-state index contributed by atoms with van der Waals surface area (Å²) in [6.07, 6.45) is 1.30. The van der Waals surface area contributed by atoms with Crippen LogP contribution < -0.4 is 5.32 Å². The third kappa shape index (κ3) is 2.73. The van der Waals surface area contributed by atoms with Crippen LogP contribution in [0, 0.1) is 0 Å². The van der Waals surface area contributed by atoms with Crippen molar-refractivity contribution in [3.63, 3.8) is 0 Å². The number of nitrogens with zero attached hydrogens (tertiary/aromatic N) is 1. The van der Waals surface area contributed by atoms with Gasteiger partial charge in [0.05, 0.1) is 24.1 Å². The van der Waals surface area contributed by atoms with E-state index in [-0.39, 0.29) is 29.9 Å². The predicted octanol–water partition coefficient (Wildman–Crippen LogP) is -0.436. The van der Waals surface area contributed by atoms with E-state index in [9.17, 15) is 9.59 Å². The van der Waals surface area contributed by atoms with Crippen molar-refractivity contribution in [2.75, 3.05) is 26.1 Å². The lowest BCUT2D eigenvalue weighted by atomic mass is 10.2. The maximum Gasteiger partial charge on any atom is 0.244 e. The number of methoxy groups -OCH3 is 1. The van der Waals surface area contributed by atoms with Gasteiger partial charge in [0.25, 0.3) is 0 Å². The van der Waals surface area contributed by atoms with Gasteiger partial charge in [0.1, 0.15) is 6.04 Å². The molecular weight excluding hydrogens is 268 g/mol. The van der Waals surface area contributed by atoms with E-state index in [1.165, 1.54) is 7.11 Å². The number of fused-ring (bicyclic) bond motifs is 1. The van der Waals surface area contributed by atoms with Gasteiger partial charge in [-0.1, -0.05) is 0 Å². The van der Waals surface area contributed by atoms with Crippen LogP contribution in [0.2, 0.25) is 0 Å². The normalized spacial score (nSPS) is 31.4. The van der Waals surface area contributed by atoms with Crippen LogP contribution in [0.15, 0.2) is 0 Å². The molecule has 0 aliphatic carbocycles. The van der Waals surface area contributed by atoms with Crippen molar-refractivity contribution in [2.24, 2.45) is 0 Å². The number of hydrogen-bond donors (Lipinski definition) is 2. The van der Waals surface area contributed by atoms with Gasteiger partial charge in [-0.2, -0.15) is 0 Å². The zero-order valence-corrected chi connectivity index (χ0v) is 12.0. The molecule has 3 atom stereocenters. The van der Waals surface area contributed by atoms with E-state index in [2.05, 4.69) is 5.32 Å². The summed E-state index contributed by atoms with van der Waals surface area (Å²) in [7, 11) is 1.52. The van der Waals surface area contributed by atoms with Crippen molar-refractivity contribution in [3.8, 4) is 0 Å². The second-order valence-electron chi connectivity index (χ2n) is 5.11. The fourth-order valence-corrected chi connectivity index (χ4v) is 4.09. The molecule has 0 bridgehead atoms. The highest BCUT2D eigenvalue weighted by Crippen LogP contribution is 2.47. The Labute approximate surface area is 116 Å². The van der Waals surface area contributed by atoms with E-state index in [0.29, 0.717) is 12.2 Å². The molecule has 0 aromatic rings. The highest BCUT2D eigenvalue weighted by atomic mass is 32.2. The number of nitrogens with one attached hydrogen (secondary N) is 1. The number of thioether (sulfide) groups is 1. The maximum atomic E-state index is 12.2. The maximum absolute atomic E-state index is 12.2. The molecule has 2 saturated heterocycles. The van der Waals surface area contributed by atoms with Crippen LogP contribution in [0.5, 0.6) is 0 Å². The largest absolute Gasteiger partial charge is 0.394 e. The third-order valence-electron chi connectivity index (χ3n) is 3.68. The Bertz CT molecular complexity index is 379. The summed E-state index contributed by atoms with van der Waals surface area (Å²) in [4.78, 5) is 25.6. The van der Waals surface area contributed by atoms with Gasteiger partial charge in [-0.05, 0) is 13.3 Å². The van der Waals surface area contributed by atoms with Crippen molar-refractivity contribution < 1.29 is 19.4 Å². The zero-order chi connectivity index (χ0) is 14.0. The molecule has 2 fully saturated rings. The smallest absolute Gasteiger partial charge is 0.244 e. The predicted molar refractivity (Wildman–Crippen MR) is 71.6 cm³/mol. The van der Waals surface area contributed by atoms with E-state index in [0.717, 1.165) is 6.42 Å². The fraction of sp³-hybridized carbons (Fsp3) is 0.833. The Balaban J connectivity index is 2.02. The summed E-state index contributed by atoms with van der Waals surface area (Å²) in [5.74, 6) is 0.446. The first kappa shape index (κ1) is 14.6. The number of hydrogen-bond acceptors (Lipinski definition) is 5. The fourth-order valence-electron chi connectivity index (χ4n) is 2.65. The monoisotopic (exact) mass is 288 g/mol. The molecule has 108 valence electrons. The minimum Gasteiger partial charge on any atom is -0.394 e. The van der Waals surface area contributed by atoms with Crippen molar-refractivity contribution in [1.29, 1.82) is 0 Å². The molecule has 2 rings (SSSR count). The molecule has 6 nitrogen and oxygen atoms in total. The van der Waals surface area contributed by atoms with Gasteiger partial charge in [0.2, 0.25) is 11.8 Å². The Morgan fingerprint density at radius 1 is 1.74 bits per heavy atom.